The molecule has 98 valence electrons. The van der Waals surface area contributed by atoms with Crippen LogP contribution < -0.4 is 5.32 Å². The molecule has 0 radical (unpaired) electrons. The van der Waals surface area contributed by atoms with Crippen molar-refractivity contribution in [2.24, 2.45) is 0 Å². The van der Waals surface area contributed by atoms with Crippen molar-refractivity contribution in [2.75, 3.05) is 5.32 Å². The van der Waals surface area contributed by atoms with Crippen LogP contribution >= 0.6 is 0 Å². The van der Waals surface area contributed by atoms with Gasteiger partial charge in [0.05, 0.1) is 6.26 Å². The maximum absolute atomic E-state index is 11.9. The monoisotopic (exact) mass is 263 g/mol. The third-order valence-corrected chi connectivity index (χ3v) is 2.97. The van der Waals surface area contributed by atoms with Crippen LogP contribution in [0.25, 0.3) is 11.1 Å². The van der Waals surface area contributed by atoms with E-state index in [2.05, 4.69) is 5.32 Å². The average molecular weight is 263 g/mol. The number of rotatable bonds is 3. The molecule has 0 aliphatic carbocycles. The van der Waals surface area contributed by atoms with E-state index in [9.17, 15) is 4.79 Å². The topological polar surface area (TPSA) is 42.2 Å². The quantitative estimate of drug-likeness (QED) is 0.769. The highest BCUT2D eigenvalue weighted by molar-refractivity contribution is 6.02. The summed E-state index contributed by atoms with van der Waals surface area (Å²) in [5.74, 6) is 0.0512. The van der Waals surface area contributed by atoms with Gasteiger partial charge < -0.3 is 9.73 Å². The number of carbonyl (C=O) groups excluding carboxylic acids is 1. The molecule has 3 heteroatoms. The van der Waals surface area contributed by atoms with Crippen LogP contribution in [-0.4, -0.2) is 5.91 Å². The molecule has 1 N–H and O–H groups in total. The van der Waals surface area contributed by atoms with E-state index in [1.54, 1.807) is 12.1 Å². The summed E-state index contributed by atoms with van der Waals surface area (Å²) >= 11 is 0. The Hall–Kier alpha value is -2.81. The van der Waals surface area contributed by atoms with Gasteiger partial charge in [0.1, 0.15) is 0 Å². The molecule has 0 spiro atoms. The SMILES string of the molecule is O=C(Nc1cccc(-c2ccccc2)c1)c1ccco1. The van der Waals surface area contributed by atoms with Gasteiger partial charge in [0, 0.05) is 5.69 Å². The fraction of sp³-hybridized carbons (Fsp3) is 0. The van der Waals surface area contributed by atoms with Crippen molar-refractivity contribution in [1.29, 1.82) is 0 Å². The van der Waals surface area contributed by atoms with E-state index in [0.29, 0.717) is 5.76 Å². The van der Waals surface area contributed by atoms with Gasteiger partial charge in [-0.25, -0.2) is 0 Å². The predicted molar refractivity (Wildman–Crippen MR) is 78.5 cm³/mol. The molecule has 0 saturated heterocycles. The maximum Gasteiger partial charge on any atom is 0.291 e. The van der Waals surface area contributed by atoms with Gasteiger partial charge in [-0.3, -0.25) is 4.79 Å². The molecule has 0 aliphatic heterocycles. The second-order valence-electron chi connectivity index (χ2n) is 4.38. The predicted octanol–water partition coefficient (Wildman–Crippen LogP) is 4.20. The average Bonchev–Trinajstić information content (AvgIpc) is 3.03. The molecule has 3 nitrogen and oxygen atoms in total. The second-order valence-corrected chi connectivity index (χ2v) is 4.38. The molecule has 3 aromatic rings. The maximum atomic E-state index is 11.9. The fourth-order valence-corrected chi connectivity index (χ4v) is 2.01. The van der Waals surface area contributed by atoms with Crippen molar-refractivity contribution in [2.45, 2.75) is 0 Å². The molecule has 0 atom stereocenters. The number of benzene rings is 2. The lowest BCUT2D eigenvalue weighted by Crippen LogP contribution is -2.10. The van der Waals surface area contributed by atoms with Crippen molar-refractivity contribution in [1.82, 2.24) is 0 Å². The summed E-state index contributed by atoms with van der Waals surface area (Å²) in [5.41, 5.74) is 2.91. The van der Waals surface area contributed by atoms with Crippen molar-refractivity contribution >= 4 is 11.6 Å². The Labute approximate surface area is 116 Å². The van der Waals surface area contributed by atoms with Gasteiger partial charge in [0.15, 0.2) is 5.76 Å². The summed E-state index contributed by atoms with van der Waals surface area (Å²) in [7, 11) is 0. The largest absolute Gasteiger partial charge is 0.459 e. The van der Waals surface area contributed by atoms with Crippen LogP contribution in [0.3, 0.4) is 0 Å². The Bertz CT molecular complexity index is 703. The number of hydrogen-bond acceptors (Lipinski definition) is 2. The van der Waals surface area contributed by atoms with Crippen LogP contribution in [-0.2, 0) is 0 Å². The van der Waals surface area contributed by atoms with Crippen LogP contribution in [0.5, 0.6) is 0 Å². The zero-order valence-corrected chi connectivity index (χ0v) is 10.7. The zero-order valence-electron chi connectivity index (χ0n) is 10.7. The summed E-state index contributed by atoms with van der Waals surface area (Å²) in [5, 5.41) is 2.82. The first kappa shape index (κ1) is 12.2. The van der Waals surface area contributed by atoms with E-state index in [0.717, 1.165) is 16.8 Å². The molecule has 0 unspecified atom stereocenters. The number of carbonyl (C=O) groups is 1. The molecule has 2 aromatic carbocycles. The molecule has 0 aliphatic rings. The van der Waals surface area contributed by atoms with E-state index in [4.69, 9.17) is 4.42 Å². The molecule has 1 aromatic heterocycles. The van der Waals surface area contributed by atoms with Crippen LogP contribution in [0.1, 0.15) is 10.6 Å². The third kappa shape index (κ3) is 2.62. The highest BCUT2D eigenvalue weighted by Gasteiger charge is 2.08. The molecule has 1 heterocycles. The Morgan fingerprint density at radius 1 is 0.850 bits per heavy atom. The molecule has 0 fully saturated rings. The highest BCUT2D eigenvalue weighted by Crippen LogP contribution is 2.22. The summed E-state index contributed by atoms with van der Waals surface area (Å²) in [6.45, 7) is 0. The van der Waals surface area contributed by atoms with Crippen LogP contribution in [0, 0.1) is 0 Å². The van der Waals surface area contributed by atoms with Crippen LogP contribution in [0.4, 0.5) is 5.69 Å². The van der Waals surface area contributed by atoms with Crippen molar-refractivity contribution < 1.29 is 9.21 Å². The molecule has 0 bridgehead atoms. The number of amides is 1. The fourth-order valence-electron chi connectivity index (χ4n) is 2.01. The first-order chi connectivity index (χ1) is 9.83. The minimum Gasteiger partial charge on any atom is -0.459 e. The standard InChI is InChI=1S/C17H13NO2/c19-17(16-10-5-11-20-16)18-15-9-4-8-14(12-15)13-6-2-1-3-7-13/h1-12H,(H,18,19). The van der Waals surface area contributed by atoms with E-state index in [-0.39, 0.29) is 5.91 Å². The number of furan rings is 1. The van der Waals surface area contributed by atoms with E-state index < -0.39 is 0 Å². The Kier molecular flexibility index (Phi) is 3.33. The molecule has 1 amide bonds. The minimum absolute atomic E-state index is 0.250. The van der Waals surface area contributed by atoms with E-state index in [1.165, 1.54) is 6.26 Å². The Morgan fingerprint density at radius 2 is 1.65 bits per heavy atom. The first-order valence-corrected chi connectivity index (χ1v) is 6.33. The molecule has 0 saturated carbocycles. The van der Waals surface area contributed by atoms with E-state index in [1.807, 2.05) is 54.6 Å². The third-order valence-electron chi connectivity index (χ3n) is 2.97. The van der Waals surface area contributed by atoms with E-state index >= 15 is 0 Å². The highest BCUT2D eigenvalue weighted by atomic mass is 16.3. The summed E-state index contributed by atoms with van der Waals surface area (Å²) < 4.78 is 5.07. The number of nitrogens with one attached hydrogen (secondary N) is 1. The lowest BCUT2D eigenvalue weighted by molar-refractivity contribution is 0.0996. The zero-order chi connectivity index (χ0) is 13.8. The van der Waals surface area contributed by atoms with Crippen LogP contribution in [0.2, 0.25) is 0 Å². The summed E-state index contributed by atoms with van der Waals surface area (Å²) in [4.78, 5) is 11.9. The number of hydrogen-bond donors (Lipinski definition) is 1. The minimum atomic E-state index is -0.250. The van der Waals surface area contributed by atoms with Gasteiger partial charge in [-0.05, 0) is 35.4 Å². The summed E-state index contributed by atoms with van der Waals surface area (Å²) in [6.07, 6.45) is 1.48. The van der Waals surface area contributed by atoms with Gasteiger partial charge in [-0.15, -0.1) is 0 Å². The second kappa shape index (κ2) is 5.45. The van der Waals surface area contributed by atoms with Gasteiger partial charge in [0.25, 0.3) is 5.91 Å². The van der Waals surface area contributed by atoms with Gasteiger partial charge in [-0.1, -0.05) is 42.5 Å². The molecule has 20 heavy (non-hydrogen) atoms. The van der Waals surface area contributed by atoms with Gasteiger partial charge in [-0.2, -0.15) is 0 Å². The van der Waals surface area contributed by atoms with Crippen molar-refractivity contribution in [3.8, 4) is 11.1 Å². The van der Waals surface area contributed by atoms with Crippen molar-refractivity contribution in [3.63, 3.8) is 0 Å². The van der Waals surface area contributed by atoms with Gasteiger partial charge in [0.2, 0.25) is 0 Å². The number of anilines is 1. The molecule has 3 rings (SSSR count). The summed E-state index contributed by atoms with van der Waals surface area (Å²) in [6, 6.07) is 21.1. The lowest BCUT2D eigenvalue weighted by Gasteiger charge is -2.06. The Morgan fingerprint density at radius 3 is 2.40 bits per heavy atom. The van der Waals surface area contributed by atoms with Crippen molar-refractivity contribution in [3.05, 3.63) is 78.8 Å². The molecular formula is C17H13NO2. The normalized spacial score (nSPS) is 10.2. The Balaban J connectivity index is 1.83. The first-order valence-electron chi connectivity index (χ1n) is 6.33. The lowest BCUT2D eigenvalue weighted by atomic mass is 10.1. The van der Waals surface area contributed by atoms with Crippen LogP contribution in [0.15, 0.2) is 77.4 Å². The van der Waals surface area contributed by atoms with Gasteiger partial charge >= 0.3 is 0 Å². The smallest absolute Gasteiger partial charge is 0.291 e. The molecular weight excluding hydrogens is 250 g/mol.